The molecule has 0 aliphatic rings. The molecule has 1 amide bonds. The highest BCUT2D eigenvalue weighted by Gasteiger charge is 2.21. The number of nitrogens with zero attached hydrogens (tertiary/aromatic N) is 4. The lowest BCUT2D eigenvalue weighted by Crippen LogP contribution is -2.28. The van der Waals surface area contributed by atoms with Crippen molar-refractivity contribution in [3.63, 3.8) is 0 Å². The molecule has 0 fully saturated rings. The molecule has 1 N–H and O–H groups in total. The molecule has 0 aliphatic heterocycles. The van der Waals surface area contributed by atoms with Gasteiger partial charge in [-0.05, 0) is 45.4 Å². The Morgan fingerprint density at radius 3 is 2.71 bits per heavy atom. The van der Waals surface area contributed by atoms with Crippen LogP contribution < -0.4 is 10.9 Å². The Morgan fingerprint density at radius 1 is 1.23 bits per heavy atom. The summed E-state index contributed by atoms with van der Waals surface area (Å²) in [7, 11) is 0. The number of carbonyl (C=O) groups excluding carboxylic acids is 1. The fourth-order valence-corrected chi connectivity index (χ4v) is 4.35. The Bertz CT molecular complexity index is 1120. The second kappa shape index (κ2) is 10.3. The van der Waals surface area contributed by atoms with Crippen molar-refractivity contribution in [3.05, 3.63) is 45.8 Å². The monoisotopic (exact) mass is 461 g/mol. The molecule has 0 saturated carbocycles. The topological polar surface area (TPSA) is 81.8 Å². The average Bonchev–Trinajstić information content (AvgIpc) is 3.18. The minimum atomic E-state index is -0.462. The minimum absolute atomic E-state index is 0.106. The number of hydrogen-bond acceptors (Lipinski definition) is 5. The lowest BCUT2D eigenvalue weighted by atomic mass is 10.2. The lowest BCUT2D eigenvalue weighted by Gasteiger charge is -2.17. The average molecular weight is 462 g/mol. The summed E-state index contributed by atoms with van der Waals surface area (Å²) in [5.74, 6) is 0.471. The van der Waals surface area contributed by atoms with E-state index in [1.807, 2.05) is 13.8 Å². The van der Waals surface area contributed by atoms with Gasteiger partial charge in [0.15, 0.2) is 5.16 Å². The largest absolute Gasteiger partial charge is 0.310 e. The van der Waals surface area contributed by atoms with E-state index in [0.29, 0.717) is 33.4 Å². The van der Waals surface area contributed by atoms with E-state index in [4.69, 9.17) is 11.6 Å². The van der Waals surface area contributed by atoms with E-state index in [1.165, 1.54) is 11.8 Å². The number of thioether (sulfide) groups is 1. The van der Waals surface area contributed by atoms with Crippen LogP contribution >= 0.6 is 23.4 Å². The third kappa shape index (κ3) is 5.49. The molecule has 2 aromatic heterocycles. The van der Waals surface area contributed by atoms with Gasteiger partial charge >= 0.3 is 0 Å². The number of fused-ring (bicyclic) bond motifs is 1. The van der Waals surface area contributed by atoms with Crippen molar-refractivity contribution < 1.29 is 4.79 Å². The van der Waals surface area contributed by atoms with Gasteiger partial charge in [-0.2, -0.15) is 5.10 Å². The summed E-state index contributed by atoms with van der Waals surface area (Å²) < 4.78 is 3.44. The van der Waals surface area contributed by atoms with Gasteiger partial charge in [0.05, 0.1) is 22.3 Å². The van der Waals surface area contributed by atoms with Gasteiger partial charge in [0.25, 0.3) is 5.56 Å². The summed E-state index contributed by atoms with van der Waals surface area (Å²) in [5.41, 5.74) is 0.433. The first-order valence-electron chi connectivity index (χ1n) is 10.5. The van der Waals surface area contributed by atoms with E-state index in [0.717, 1.165) is 19.3 Å². The molecule has 31 heavy (non-hydrogen) atoms. The second-order valence-corrected chi connectivity index (χ2v) is 9.47. The zero-order valence-corrected chi connectivity index (χ0v) is 19.8. The smallest absolute Gasteiger partial charge is 0.262 e. The Balaban J connectivity index is 1.89. The molecule has 0 bridgehead atoms. The Labute approximate surface area is 191 Å². The van der Waals surface area contributed by atoms with Crippen molar-refractivity contribution >= 4 is 46.0 Å². The maximum Gasteiger partial charge on any atom is 0.262 e. The highest BCUT2D eigenvalue weighted by molar-refractivity contribution is 8.00. The summed E-state index contributed by atoms with van der Waals surface area (Å²) in [6.45, 7) is 8.49. The number of unbranched alkanes of at least 4 members (excludes halogenated alkanes) is 2. The number of aromatic nitrogens is 4. The number of nitrogens with one attached hydrogen (secondary N) is 1. The number of halogens is 1. The van der Waals surface area contributed by atoms with Crippen molar-refractivity contribution in [1.29, 1.82) is 0 Å². The third-order valence-corrected chi connectivity index (χ3v) is 6.25. The molecule has 166 valence electrons. The van der Waals surface area contributed by atoms with Gasteiger partial charge in [0.1, 0.15) is 5.82 Å². The van der Waals surface area contributed by atoms with Gasteiger partial charge in [0, 0.05) is 23.7 Å². The van der Waals surface area contributed by atoms with Crippen molar-refractivity contribution in [2.45, 2.75) is 70.0 Å². The quantitative estimate of drug-likeness (QED) is 0.271. The number of rotatable bonds is 9. The molecule has 0 radical (unpaired) electrons. The van der Waals surface area contributed by atoms with Crippen LogP contribution in [0.5, 0.6) is 0 Å². The van der Waals surface area contributed by atoms with E-state index in [9.17, 15) is 9.59 Å². The fourth-order valence-electron chi connectivity index (χ4n) is 3.25. The van der Waals surface area contributed by atoms with Crippen LogP contribution in [0.15, 0.2) is 40.4 Å². The van der Waals surface area contributed by atoms with Crippen LogP contribution in [0.2, 0.25) is 5.02 Å². The van der Waals surface area contributed by atoms with Crippen LogP contribution in [0, 0.1) is 0 Å². The first kappa shape index (κ1) is 23.3. The number of amides is 1. The number of carbonyl (C=O) groups is 1. The SMILES string of the molecule is CCCCCn1c(SC(C)C(=O)Nc2ccnn2C(C)C)nc2cc(Cl)ccc2c1=O. The third-order valence-electron chi connectivity index (χ3n) is 4.93. The number of benzene rings is 1. The fraction of sp³-hybridized carbons (Fsp3) is 0.455. The van der Waals surface area contributed by atoms with E-state index < -0.39 is 5.25 Å². The number of hydrogen-bond donors (Lipinski definition) is 1. The minimum Gasteiger partial charge on any atom is -0.310 e. The molecule has 3 aromatic rings. The molecule has 9 heteroatoms. The molecule has 7 nitrogen and oxygen atoms in total. The van der Waals surface area contributed by atoms with Crippen molar-refractivity contribution in [3.8, 4) is 0 Å². The standard InChI is InChI=1S/C22H28ClN5O2S/c1-5-6-7-12-27-21(30)17-9-8-16(23)13-18(17)25-22(27)31-15(4)20(29)26-19-10-11-24-28(19)14(2)3/h8-11,13-15H,5-7,12H2,1-4H3,(H,26,29). The van der Waals surface area contributed by atoms with E-state index in [2.05, 4.69) is 22.3 Å². The Hall–Kier alpha value is -2.32. The van der Waals surface area contributed by atoms with Crippen LogP contribution in [0.3, 0.4) is 0 Å². The van der Waals surface area contributed by atoms with Gasteiger partial charge in [-0.3, -0.25) is 14.2 Å². The molecule has 1 aromatic carbocycles. The zero-order valence-electron chi connectivity index (χ0n) is 18.3. The Kier molecular flexibility index (Phi) is 7.78. The van der Waals surface area contributed by atoms with Gasteiger partial charge in [-0.1, -0.05) is 43.1 Å². The maximum absolute atomic E-state index is 13.1. The highest BCUT2D eigenvalue weighted by Crippen LogP contribution is 2.25. The van der Waals surface area contributed by atoms with Crippen molar-refractivity contribution in [1.82, 2.24) is 19.3 Å². The molecule has 0 aliphatic carbocycles. The van der Waals surface area contributed by atoms with Crippen molar-refractivity contribution in [2.75, 3.05) is 5.32 Å². The molecule has 1 unspecified atom stereocenters. The van der Waals surface area contributed by atoms with Crippen LogP contribution in [0.4, 0.5) is 5.82 Å². The summed E-state index contributed by atoms with van der Waals surface area (Å²) >= 11 is 7.39. The maximum atomic E-state index is 13.1. The van der Waals surface area contributed by atoms with Gasteiger partial charge in [-0.25, -0.2) is 9.67 Å². The molecular formula is C22H28ClN5O2S. The summed E-state index contributed by atoms with van der Waals surface area (Å²) in [6.07, 6.45) is 4.60. The molecule has 0 spiro atoms. The van der Waals surface area contributed by atoms with E-state index >= 15 is 0 Å². The summed E-state index contributed by atoms with van der Waals surface area (Å²) in [6, 6.07) is 6.99. The Morgan fingerprint density at radius 2 is 2.00 bits per heavy atom. The van der Waals surface area contributed by atoms with Gasteiger partial charge in [-0.15, -0.1) is 0 Å². The van der Waals surface area contributed by atoms with Gasteiger partial charge in [0.2, 0.25) is 5.91 Å². The van der Waals surface area contributed by atoms with Crippen LogP contribution in [0.1, 0.15) is 53.0 Å². The predicted molar refractivity (Wildman–Crippen MR) is 127 cm³/mol. The van der Waals surface area contributed by atoms with Crippen LogP contribution in [0.25, 0.3) is 10.9 Å². The van der Waals surface area contributed by atoms with Crippen molar-refractivity contribution in [2.24, 2.45) is 0 Å². The molecular weight excluding hydrogens is 434 g/mol. The predicted octanol–water partition coefficient (Wildman–Crippen LogP) is 5.14. The molecule has 1 atom stereocenters. The van der Waals surface area contributed by atoms with Crippen LogP contribution in [-0.2, 0) is 11.3 Å². The summed E-state index contributed by atoms with van der Waals surface area (Å²) in [5, 5.41) is 8.29. The van der Waals surface area contributed by atoms with Crippen LogP contribution in [-0.4, -0.2) is 30.5 Å². The normalized spacial score (nSPS) is 12.5. The molecule has 0 saturated heterocycles. The highest BCUT2D eigenvalue weighted by atomic mass is 35.5. The number of anilines is 1. The van der Waals surface area contributed by atoms with Gasteiger partial charge < -0.3 is 5.32 Å². The zero-order chi connectivity index (χ0) is 22.5. The second-order valence-electron chi connectivity index (χ2n) is 7.72. The summed E-state index contributed by atoms with van der Waals surface area (Å²) in [4.78, 5) is 30.7. The first-order valence-corrected chi connectivity index (χ1v) is 11.8. The first-order chi connectivity index (χ1) is 14.8. The molecule has 2 heterocycles. The van der Waals surface area contributed by atoms with E-state index in [1.54, 1.807) is 46.6 Å². The molecule has 3 rings (SSSR count). The van der Waals surface area contributed by atoms with E-state index in [-0.39, 0.29) is 17.5 Å². The lowest BCUT2D eigenvalue weighted by molar-refractivity contribution is -0.115.